The van der Waals surface area contributed by atoms with E-state index >= 15 is 0 Å². The van der Waals surface area contributed by atoms with Crippen LogP contribution in [-0.4, -0.2) is 18.7 Å². The molecule has 0 saturated heterocycles. The van der Waals surface area contributed by atoms with Crippen molar-refractivity contribution in [3.63, 3.8) is 0 Å². The molecule has 5 rings (SSSR count). The van der Waals surface area contributed by atoms with Crippen molar-refractivity contribution in [1.29, 1.82) is 0 Å². The smallest absolute Gasteiger partial charge is 0.320 e. The highest BCUT2D eigenvalue weighted by atomic mass is 35.5. The third kappa shape index (κ3) is 2.99. The Morgan fingerprint density at radius 2 is 1.66 bits per heavy atom. The van der Waals surface area contributed by atoms with Crippen LogP contribution in [0.2, 0.25) is 10.0 Å². The summed E-state index contributed by atoms with van der Waals surface area (Å²) in [5.74, 6) is 0. The van der Waals surface area contributed by atoms with E-state index in [-0.39, 0.29) is 17.2 Å². The van der Waals surface area contributed by atoms with Crippen LogP contribution in [0.25, 0.3) is 16.9 Å². The van der Waals surface area contributed by atoms with E-state index in [1.54, 1.807) is 41.2 Å². The number of benzene rings is 2. The van der Waals surface area contributed by atoms with Crippen molar-refractivity contribution in [2.45, 2.75) is 25.4 Å². The van der Waals surface area contributed by atoms with E-state index < -0.39 is 5.69 Å². The highest BCUT2D eigenvalue weighted by Crippen LogP contribution is 2.33. The number of hydrogen-bond acceptors (Lipinski definition) is 3. The van der Waals surface area contributed by atoms with Crippen molar-refractivity contribution in [1.82, 2.24) is 18.7 Å². The van der Waals surface area contributed by atoms with Crippen LogP contribution in [0.5, 0.6) is 0 Å². The van der Waals surface area contributed by atoms with Gasteiger partial charge in [0.05, 0.1) is 23.6 Å². The Bertz CT molecular complexity index is 1370. The van der Waals surface area contributed by atoms with Crippen LogP contribution in [0, 0.1) is 0 Å². The Hall–Kier alpha value is -2.83. The molecule has 4 aromatic rings. The summed E-state index contributed by atoms with van der Waals surface area (Å²) in [6.07, 6.45) is 3.18. The van der Waals surface area contributed by atoms with Crippen LogP contribution in [0.15, 0.2) is 64.4 Å². The molecule has 0 amide bonds. The zero-order valence-corrected chi connectivity index (χ0v) is 16.8. The van der Waals surface area contributed by atoms with E-state index in [9.17, 15) is 9.59 Å². The maximum absolute atomic E-state index is 13.3. The number of para-hydroxylation sites is 1. The van der Waals surface area contributed by atoms with Gasteiger partial charge in [-0.15, -0.1) is 0 Å². The van der Waals surface area contributed by atoms with E-state index in [1.807, 2.05) is 18.2 Å². The summed E-state index contributed by atoms with van der Waals surface area (Å²) in [4.78, 5) is 31.0. The molecule has 0 spiro atoms. The minimum Gasteiger partial charge on any atom is -0.320 e. The molecule has 146 valence electrons. The first kappa shape index (κ1) is 18.2. The van der Waals surface area contributed by atoms with Gasteiger partial charge in [-0.25, -0.2) is 14.3 Å². The van der Waals surface area contributed by atoms with Gasteiger partial charge in [0.2, 0.25) is 0 Å². The summed E-state index contributed by atoms with van der Waals surface area (Å²) in [5.41, 5.74) is 1.26. The van der Waals surface area contributed by atoms with Crippen LogP contribution in [0.1, 0.15) is 24.4 Å². The molecule has 2 aromatic heterocycles. The van der Waals surface area contributed by atoms with Gasteiger partial charge in [-0.05, 0) is 36.6 Å². The Kier molecular flexibility index (Phi) is 4.33. The highest BCUT2D eigenvalue weighted by molar-refractivity contribution is 6.32. The van der Waals surface area contributed by atoms with Gasteiger partial charge in [-0.2, -0.15) is 0 Å². The average Bonchev–Trinajstić information content (AvgIpc) is 3.45. The predicted molar refractivity (Wildman–Crippen MR) is 113 cm³/mol. The zero-order chi connectivity index (χ0) is 20.1. The largest absolute Gasteiger partial charge is 0.337 e. The van der Waals surface area contributed by atoms with Gasteiger partial charge in [0.25, 0.3) is 5.56 Å². The van der Waals surface area contributed by atoms with Gasteiger partial charge in [0.15, 0.2) is 11.2 Å². The van der Waals surface area contributed by atoms with Crippen LogP contribution < -0.4 is 11.2 Å². The standard InChI is InChI=1S/C21H16Cl2N4O2/c22-15-6-2-1-5-13(15)11-25-12-24-19-18(25)20(28)26(14-9-10-14)21(29)27(19)17-8-4-3-7-16(17)23/h1-8,12,14H,9-11H2. The third-order valence-corrected chi connectivity index (χ3v) is 5.84. The lowest BCUT2D eigenvalue weighted by molar-refractivity contribution is 0.639. The molecular weight excluding hydrogens is 411 g/mol. The number of rotatable bonds is 4. The molecule has 1 fully saturated rings. The normalized spacial score (nSPS) is 13.9. The molecule has 0 unspecified atom stereocenters. The Morgan fingerprint density at radius 1 is 0.966 bits per heavy atom. The third-order valence-electron chi connectivity index (χ3n) is 5.15. The summed E-state index contributed by atoms with van der Waals surface area (Å²) >= 11 is 12.7. The van der Waals surface area contributed by atoms with Gasteiger partial charge < -0.3 is 4.57 Å². The van der Waals surface area contributed by atoms with Crippen molar-refractivity contribution in [3.05, 3.63) is 91.3 Å². The van der Waals surface area contributed by atoms with Crippen LogP contribution in [-0.2, 0) is 6.54 Å². The van der Waals surface area contributed by atoms with Crippen molar-refractivity contribution in [3.8, 4) is 5.69 Å². The number of nitrogens with zero attached hydrogens (tertiary/aromatic N) is 4. The molecule has 0 atom stereocenters. The quantitative estimate of drug-likeness (QED) is 0.494. The highest BCUT2D eigenvalue weighted by Gasteiger charge is 2.31. The minimum atomic E-state index is -0.416. The van der Waals surface area contributed by atoms with E-state index in [0.717, 1.165) is 18.4 Å². The first-order chi connectivity index (χ1) is 14.1. The molecule has 1 aliphatic rings. The number of aromatic nitrogens is 4. The zero-order valence-electron chi connectivity index (χ0n) is 15.3. The van der Waals surface area contributed by atoms with E-state index in [4.69, 9.17) is 23.2 Å². The molecule has 2 heterocycles. The molecule has 8 heteroatoms. The van der Waals surface area contributed by atoms with Crippen LogP contribution >= 0.6 is 23.2 Å². The molecule has 1 saturated carbocycles. The molecule has 2 aromatic carbocycles. The second-order valence-corrected chi connectivity index (χ2v) is 7.93. The first-order valence-electron chi connectivity index (χ1n) is 9.27. The monoisotopic (exact) mass is 426 g/mol. The Balaban J connectivity index is 1.82. The number of fused-ring (bicyclic) bond motifs is 1. The van der Waals surface area contributed by atoms with Crippen LogP contribution in [0.4, 0.5) is 0 Å². The fourth-order valence-corrected chi connectivity index (χ4v) is 4.00. The lowest BCUT2D eigenvalue weighted by Gasteiger charge is -2.13. The lowest BCUT2D eigenvalue weighted by Crippen LogP contribution is -2.39. The second-order valence-electron chi connectivity index (χ2n) is 7.11. The summed E-state index contributed by atoms with van der Waals surface area (Å²) in [6.45, 7) is 0.372. The van der Waals surface area contributed by atoms with E-state index in [0.29, 0.717) is 27.8 Å². The van der Waals surface area contributed by atoms with Gasteiger partial charge in [-0.1, -0.05) is 53.5 Å². The van der Waals surface area contributed by atoms with Crippen LogP contribution in [0.3, 0.4) is 0 Å². The summed E-state index contributed by atoms with van der Waals surface area (Å²) in [6, 6.07) is 14.4. The fraction of sp³-hybridized carbons (Fsp3) is 0.190. The second kappa shape index (κ2) is 6.90. The number of imidazole rings is 1. The first-order valence-corrected chi connectivity index (χ1v) is 10.0. The van der Waals surface area contributed by atoms with E-state index in [1.165, 1.54) is 9.13 Å². The maximum Gasteiger partial charge on any atom is 0.337 e. The average molecular weight is 427 g/mol. The Labute approximate surface area is 175 Å². The lowest BCUT2D eigenvalue weighted by atomic mass is 10.2. The predicted octanol–water partition coefficient (Wildman–Crippen LogP) is 4.04. The fourth-order valence-electron chi connectivity index (χ4n) is 3.59. The minimum absolute atomic E-state index is 0.0863. The van der Waals surface area contributed by atoms with Gasteiger partial charge in [0.1, 0.15) is 0 Å². The van der Waals surface area contributed by atoms with Gasteiger partial charge in [-0.3, -0.25) is 9.36 Å². The molecule has 0 aliphatic heterocycles. The molecule has 0 radical (unpaired) electrons. The van der Waals surface area contributed by atoms with Crippen molar-refractivity contribution in [2.24, 2.45) is 0 Å². The molecule has 29 heavy (non-hydrogen) atoms. The maximum atomic E-state index is 13.3. The molecular formula is C21H16Cl2N4O2. The topological polar surface area (TPSA) is 61.8 Å². The summed E-state index contributed by atoms with van der Waals surface area (Å²) in [5, 5.41) is 1.02. The summed E-state index contributed by atoms with van der Waals surface area (Å²) in [7, 11) is 0. The van der Waals surface area contributed by atoms with Gasteiger partial charge in [0, 0.05) is 11.1 Å². The molecule has 0 bridgehead atoms. The van der Waals surface area contributed by atoms with Crippen molar-refractivity contribution in [2.75, 3.05) is 0 Å². The molecule has 0 N–H and O–H groups in total. The van der Waals surface area contributed by atoms with Crippen molar-refractivity contribution >= 4 is 34.4 Å². The number of hydrogen-bond donors (Lipinski definition) is 0. The number of halogens is 2. The van der Waals surface area contributed by atoms with E-state index in [2.05, 4.69) is 4.98 Å². The SMILES string of the molecule is O=c1c2c(ncn2Cc2ccccc2Cl)n(-c2ccccc2Cl)c(=O)n1C1CC1. The Morgan fingerprint density at radius 3 is 2.34 bits per heavy atom. The molecule has 6 nitrogen and oxygen atoms in total. The van der Waals surface area contributed by atoms with Gasteiger partial charge >= 0.3 is 5.69 Å². The van der Waals surface area contributed by atoms with Crippen molar-refractivity contribution < 1.29 is 0 Å². The molecule has 1 aliphatic carbocycles. The summed E-state index contributed by atoms with van der Waals surface area (Å²) < 4.78 is 4.50.